The van der Waals surface area contributed by atoms with E-state index in [1.54, 1.807) is 6.07 Å². The maximum atomic E-state index is 13.1. The number of rotatable bonds is 6. The quantitative estimate of drug-likeness (QED) is 0.386. The predicted molar refractivity (Wildman–Crippen MR) is 95.8 cm³/mol. The van der Waals surface area contributed by atoms with Crippen LogP contribution in [0.5, 0.6) is 5.75 Å². The van der Waals surface area contributed by atoms with Crippen molar-refractivity contribution in [2.24, 2.45) is 0 Å². The van der Waals surface area contributed by atoms with Crippen molar-refractivity contribution < 1.29 is 60.1 Å². The molecular weight excluding hydrogens is 478 g/mol. The van der Waals surface area contributed by atoms with E-state index >= 15 is 0 Å². The van der Waals surface area contributed by atoms with Crippen LogP contribution in [0.1, 0.15) is 38.3 Å². The standard InChI is InChI=1S/C21H12F6O7/c22-20(23,24)19(8-15(28)29,21(25,26)27)34-16(30)9-33-10-5-6-13-14(7-10)18(32)12-4-2-1-3-11(12)17(13)31/h1-7H,8-9H2,(H,28,29)/p-1. The summed E-state index contributed by atoms with van der Waals surface area (Å²) in [5.41, 5.74) is -5.34. The highest BCUT2D eigenvalue weighted by Gasteiger charge is 2.74. The van der Waals surface area contributed by atoms with Crippen LogP contribution in [-0.2, 0) is 14.3 Å². The van der Waals surface area contributed by atoms with Gasteiger partial charge in [-0.25, -0.2) is 4.79 Å². The molecule has 7 nitrogen and oxygen atoms in total. The highest BCUT2D eigenvalue weighted by molar-refractivity contribution is 6.28. The molecule has 0 saturated heterocycles. The summed E-state index contributed by atoms with van der Waals surface area (Å²) < 4.78 is 87.3. The molecule has 0 fully saturated rings. The van der Waals surface area contributed by atoms with Crippen LogP contribution in [0.3, 0.4) is 0 Å². The molecule has 1 aliphatic carbocycles. The summed E-state index contributed by atoms with van der Waals surface area (Å²) in [4.78, 5) is 47.5. The highest BCUT2D eigenvalue weighted by Crippen LogP contribution is 2.48. The Labute approximate surface area is 185 Å². The number of alkyl halides is 6. The van der Waals surface area contributed by atoms with Gasteiger partial charge in [-0.15, -0.1) is 0 Å². The molecule has 13 heteroatoms. The smallest absolute Gasteiger partial charge is 0.437 e. The molecule has 3 rings (SSSR count). The maximum Gasteiger partial charge on any atom is 0.437 e. The van der Waals surface area contributed by atoms with E-state index in [2.05, 4.69) is 4.74 Å². The van der Waals surface area contributed by atoms with E-state index in [1.165, 1.54) is 18.2 Å². The summed E-state index contributed by atoms with van der Waals surface area (Å²) >= 11 is 0. The lowest BCUT2D eigenvalue weighted by atomic mass is 9.84. The summed E-state index contributed by atoms with van der Waals surface area (Å²) in [5, 5.41) is 10.6. The van der Waals surface area contributed by atoms with Crippen LogP contribution in [0.2, 0.25) is 0 Å². The molecule has 0 saturated carbocycles. The molecule has 0 heterocycles. The summed E-state index contributed by atoms with van der Waals surface area (Å²) in [5.74, 6) is -6.40. The number of esters is 1. The third kappa shape index (κ3) is 4.32. The Balaban J connectivity index is 1.82. The lowest BCUT2D eigenvalue weighted by molar-refractivity contribution is -0.381. The number of benzene rings is 2. The Morgan fingerprint density at radius 3 is 1.79 bits per heavy atom. The number of fused-ring (bicyclic) bond motifs is 2. The molecular formula is C21H11F6O7-. The van der Waals surface area contributed by atoms with Crippen molar-refractivity contribution in [2.45, 2.75) is 24.4 Å². The topological polar surface area (TPSA) is 110 Å². The van der Waals surface area contributed by atoms with Crippen LogP contribution in [0.25, 0.3) is 0 Å². The zero-order chi connectivity index (χ0) is 25.5. The van der Waals surface area contributed by atoms with Crippen molar-refractivity contribution in [3.63, 3.8) is 0 Å². The van der Waals surface area contributed by atoms with Gasteiger partial charge in [0.1, 0.15) is 5.75 Å². The Morgan fingerprint density at radius 1 is 0.794 bits per heavy atom. The van der Waals surface area contributed by atoms with Gasteiger partial charge in [-0.3, -0.25) is 9.59 Å². The first-order chi connectivity index (χ1) is 15.7. The lowest BCUT2D eigenvalue weighted by Gasteiger charge is -2.36. The Kier molecular flexibility index (Phi) is 6.16. The second kappa shape index (κ2) is 8.47. The zero-order valence-corrected chi connectivity index (χ0v) is 16.6. The van der Waals surface area contributed by atoms with Gasteiger partial charge in [0, 0.05) is 34.6 Å². The fraction of sp³-hybridized carbons (Fsp3) is 0.238. The van der Waals surface area contributed by atoms with E-state index in [9.17, 15) is 50.6 Å². The summed E-state index contributed by atoms with van der Waals surface area (Å²) in [6, 6.07) is 9.05. The number of halogens is 6. The van der Waals surface area contributed by atoms with E-state index in [1.807, 2.05) is 0 Å². The fourth-order valence-electron chi connectivity index (χ4n) is 3.25. The minimum absolute atomic E-state index is 0.0271. The van der Waals surface area contributed by atoms with Crippen molar-refractivity contribution in [1.29, 1.82) is 0 Å². The fourth-order valence-corrected chi connectivity index (χ4v) is 3.25. The van der Waals surface area contributed by atoms with Crippen molar-refractivity contribution in [3.8, 4) is 5.75 Å². The average Bonchev–Trinajstić information content (AvgIpc) is 2.73. The second-order valence-electron chi connectivity index (χ2n) is 7.05. The molecule has 2 aromatic carbocycles. The van der Waals surface area contributed by atoms with Gasteiger partial charge < -0.3 is 19.4 Å². The summed E-state index contributed by atoms with van der Waals surface area (Å²) in [6.07, 6.45) is -15.4. The van der Waals surface area contributed by atoms with Gasteiger partial charge in [-0.05, 0) is 18.2 Å². The molecule has 1 aliphatic rings. The van der Waals surface area contributed by atoms with Crippen LogP contribution in [0.4, 0.5) is 26.3 Å². The van der Waals surface area contributed by atoms with Crippen LogP contribution in [0, 0.1) is 0 Å². The molecule has 0 bridgehead atoms. The monoisotopic (exact) mass is 489 g/mol. The molecule has 180 valence electrons. The van der Waals surface area contributed by atoms with Crippen LogP contribution < -0.4 is 9.84 Å². The second-order valence-corrected chi connectivity index (χ2v) is 7.05. The molecule has 2 aromatic rings. The van der Waals surface area contributed by atoms with Crippen molar-refractivity contribution in [2.75, 3.05) is 6.61 Å². The zero-order valence-electron chi connectivity index (χ0n) is 16.6. The molecule has 0 N–H and O–H groups in total. The van der Waals surface area contributed by atoms with Crippen molar-refractivity contribution in [3.05, 3.63) is 64.7 Å². The number of aliphatic carboxylic acids is 1. The third-order valence-corrected chi connectivity index (χ3v) is 4.85. The Bertz CT molecular complexity index is 1170. The van der Waals surface area contributed by atoms with Gasteiger partial charge in [-0.2, -0.15) is 26.3 Å². The molecule has 0 atom stereocenters. The Hall–Kier alpha value is -3.90. The number of ketones is 2. The number of carbonyl (C=O) groups is 4. The van der Waals surface area contributed by atoms with Gasteiger partial charge >= 0.3 is 23.9 Å². The summed E-state index contributed by atoms with van der Waals surface area (Å²) in [6.45, 7) is -1.50. The minimum atomic E-state index is -6.34. The van der Waals surface area contributed by atoms with Crippen LogP contribution >= 0.6 is 0 Å². The number of carbonyl (C=O) groups excluding carboxylic acids is 4. The largest absolute Gasteiger partial charge is 0.550 e. The molecule has 34 heavy (non-hydrogen) atoms. The first-order valence-electron chi connectivity index (χ1n) is 9.18. The number of ether oxygens (including phenoxy) is 2. The Morgan fingerprint density at radius 2 is 1.29 bits per heavy atom. The normalized spacial score (nSPS) is 13.7. The maximum absolute atomic E-state index is 13.1. The molecule has 0 aromatic heterocycles. The first kappa shape index (κ1) is 24.7. The third-order valence-electron chi connectivity index (χ3n) is 4.85. The first-order valence-corrected chi connectivity index (χ1v) is 9.18. The highest BCUT2D eigenvalue weighted by atomic mass is 19.4. The van der Waals surface area contributed by atoms with E-state index < -0.39 is 54.5 Å². The van der Waals surface area contributed by atoms with Gasteiger partial charge in [0.25, 0.3) is 0 Å². The van der Waals surface area contributed by atoms with Crippen molar-refractivity contribution in [1.82, 2.24) is 0 Å². The van der Waals surface area contributed by atoms with E-state index in [-0.39, 0.29) is 28.0 Å². The van der Waals surface area contributed by atoms with Crippen molar-refractivity contribution >= 4 is 23.5 Å². The van der Waals surface area contributed by atoms with Gasteiger partial charge in [0.2, 0.25) is 0 Å². The SMILES string of the molecule is O=C([O-])CC(OC(=O)COc1ccc2c(c1)C(=O)c1ccccc1C2=O)(C(F)(F)F)C(F)(F)F. The van der Waals surface area contributed by atoms with Gasteiger partial charge in [-0.1, -0.05) is 24.3 Å². The van der Waals surface area contributed by atoms with E-state index in [0.29, 0.717) is 0 Å². The van der Waals surface area contributed by atoms with Gasteiger partial charge in [0.05, 0.1) is 0 Å². The van der Waals surface area contributed by atoms with E-state index in [0.717, 1.165) is 18.2 Å². The van der Waals surface area contributed by atoms with Gasteiger partial charge in [0.15, 0.2) is 18.2 Å². The van der Waals surface area contributed by atoms with E-state index in [4.69, 9.17) is 4.74 Å². The molecule has 0 radical (unpaired) electrons. The molecule has 0 spiro atoms. The number of carboxylic acids is 1. The molecule has 0 amide bonds. The lowest BCUT2D eigenvalue weighted by Crippen LogP contribution is -2.62. The number of carboxylic acid groups (broad SMARTS) is 1. The van der Waals surface area contributed by atoms with Crippen LogP contribution in [0.15, 0.2) is 42.5 Å². The van der Waals surface area contributed by atoms with Crippen LogP contribution in [-0.4, -0.2) is 48.1 Å². The average molecular weight is 489 g/mol. The predicted octanol–water partition coefficient (Wildman–Crippen LogP) is 2.39. The number of hydrogen-bond acceptors (Lipinski definition) is 7. The minimum Gasteiger partial charge on any atom is -0.550 e. The molecule has 0 aliphatic heterocycles. The number of hydrogen-bond donors (Lipinski definition) is 0. The molecule has 0 unspecified atom stereocenters. The summed E-state index contributed by atoms with van der Waals surface area (Å²) in [7, 11) is 0.